The number of phenols is 1. The number of ether oxygens (including phenoxy) is 4. The van der Waals surface area contributed by atoms with Crippen molar-refractivity contribution >= 4 is 68.4 Å². The molecule has 4 amide bonds. The lowest BCUT2D eigenvalue weighted by atomic mass is 9.96. The zero-order valence-corrected chi connectivity index (χ0v) is 37.3. The Morgan fingerprint density at radius 2 is 1.61 bits per heavy atom. The molecular weight excluding hydrogens is 875 g/mol. The molecule has 0 aliphatic carbocycles. The molecule has 66 heavy (non-hydrogen) atoms. The Hall–Kier alpha value is -6.02. The van der Waals surface area contributed by atoms with Gasteiger partial charge in [-0.1, -0.05) is 41.9 Å². The summed E-state index contributed by atoms with van der Waals surface area (Å²) in [5.74, 6) is -2.27. The Labute approximate surface area is 385 Å². The van der Waals surface area contributed by atoms with Crippen molar-refractivity contribution in [1.29, 1.82) is 0 Å². The van der Waals surface area contributed by atoms with Gasteiger partial charge in [-0.25, -0.2) is 4.39 Å². The third kappa shape index (κ3) is 10.5. The predicted molar refractivity (Wildman–Crippen MR) is 246 cm³/mol. The lowest BCUT2D eigenvalue weighted by Gasteiger charge is -2.29. The van der Waals surface area contributed by atoms with Gasteiger partial charge in [0.25, 0.3) is 11.8 Å². The number of imide groups is 2. The molecule has 4 N–H and O–H groups in total. The number of anilines is 2. The maximum absolute atomic E-state index is 16.7. The third-order valence-corrected chi connectivity index (χ3v) is 12.0. The molecule has 1 unspecified atom stereocenters. The fraction of sp³-hybridized carbons (Fsp3) is 0.404. The number of phenolic OH excluding ortho intramolecular Hbond substituents is 1. The minimum absolute atomic E-state index is 0.0000779. The molecule has 4 aromatic carbocycles. The molecule has 348 valence electrons. The predicted octanol–water partition coefficient (Wildman–Crippen LogP) is 4.62. The standard InChI is InChI=1S/C47H52ClFN8O9/c1-55(18-21-64-23-25-65-24-22-63-20-14-51-36-9-4-8-32-40(36)46(62)57(45(32)61)37-10-11-38(59)52-44(37)60)15-5-19-66-47-53-42-34(43(54-47)56-16-12-50-13-17-56)28-35(48)39(41(42)49)33-27-30(58)26-29-6-2-3-7-31(29)33/h2-4,6-9,26-28,37,50-51,58H,5,10-25H2,1H3,(H,52,59,60). The number of nitrogens with one attached hydrogen (secondary N) is 3. The summed E-state index contributed by atoms with van der Waals surface area (Å²) < 4.78 is 39.9. The molecule has 4 heterocycles. The largest absolute Gasteiger partial charge is 0.508 e. The number of likely N-dealkylation sites (N-methyl/N-ethyl adjacent to an activating group) is 1. The first-order valence-electron chi connectivity index (χ1n) is 22.1. The van der Waals surface area contributed by atoms with Crippen LogP contribution in [0.3, 0.4) is 0 Å². The van der Waals surface area contributed by atoms with Crippen LogP contribution in [-0.4, -0.2) is 154 Å². The van der Waals surface area contributed by atoms with Crippen LogP contribution < -0.4 is 25.6 Å². The number of piperidine rings is 1. The molecule has 3 aliphatic heterocycles. The third-order valence-electron chi connectivity index (χ3n) is 11.7. The second-order valence-electron chi connectivity index (χ2n) is 16.2. The van der Waals surface area contributed by atoms with Gasteiger partial charge in [-0.15, -0.1) is 0 Å². The number of halogens is 2. The van der Waals surface area contributed by atoms with Crippen LogP contribution >= 0.6 is 11.6 Å². The van der Waals surface area contributed by atoms with Gasteiger partial charge in [0.15, 0.2) is 5.82 Å². The zero-order valence-electron chi connectivity index (χ0n) is 36.6. The van der Waals surface area contributed by atoms with E-state index in [1.54, 1.807) is 30.3 Å². The van der Waals surface area contributed by atoms with Crippen molar-refractivity contribution in [3.05, 3.63) is 82.6 Å². The molecule has 3 aliphatic rings. The van der Waals surface area contributed by atoms with Crippen molar-refractivity contribution in [2.75, 3.05) is 109 Å². The molecule has 19 heteroatoms. The highest BCUT2D eigenvalue weighted by Crippen LogP contribution is 2.42. The van der Waals surface area contributed by atoms with Crippen LogP contribution in [0.1, 0.15) is 40.0 Å². The summed E-state index contributed by atoms with van der Waals surface area (Å²) in [6, 6.07) is 16.2. The van der Waals surface area contributed by atoms with E-state index in [9.17, 15) is 24.3 Å². The fourth-order valence-electron chi connectivity index (χ4n) is 8.38. The molecule has 8 rings (SSSR count). The number of benzene rings is 4. The van der Waals surface area contributed by atoms with Crippen molar-refractivity contribution in [2.45, 2.75) is 25.3 Å². The van der Waals surface area contributed by atoms with Crippen LogP contribution in [0.5, 0.6) is 11.8 Å². The van der Waals surface area contributed by atoms with E-state index < -0.39 is 35.5 Å². The fourth-order valence-corrected chi connectivity index (χ4v) is 8.68. The molecule has 1 atom stereocenters. The van der Waals surface area contributed by atoms with Gasteiger partial charge in [-0.2, -0.15) is 9.97 Å². The molecule has 0 spiro atoms. The maximum Gasteiger partial charge on any atom is 0.319 e. The second-order valence-corrected chi connectivity index (χ2v) is 16.6. The Bertz CT molecular complexity index is 2610. The van der Waals surface area contributed by atoms with Gasteiger partial charge >= 0.3 is 6.01 Å². The first-order valence-corrected chi connectivity index (χ1v) is 22.5. The number of aromatic hydroxyl groups is 1. The average Bonchev–Trinajstić information content (AvgIpc) is 3.57. The van der Waals surface area contributed by atoms with Crippen LogP contribution in [0.15, 0.2) is 60.7 Å². The molecule has 0 radical (unpaired) electrons. The number of hydrogen-bond donors (Lipinski definition) is 4. The summed E-state index contributed by atoms with van der Waals surface area (Å²) in [7, 11) is 1.99. The molecular formula is C47H52ClFN8O9. The summed E-state index contributed by atoms with van der Waals surface area (Å²) in [6.45, 7) is 7.27. The molecule has 1 aromatic heterocycles. The van der Waals surface area contributed by atoms with Crippen molar-refractivity contribution in [3.8, 4) is 22.9 Å². The molecule has 2 fully saturated rings. The number of piperazine rings is 1. The highest BCUT2D eigenvalue weighted by Gasteiger charge is 2.45. The van der Waals surface area contributed by atoms with Crippen LogP contribution in [0.25, 0.3) is 32.8 Å². The van der Waals surface area contributed by atoms with E-state index in [4.69, 9.17) is 35.5 Å². The summed E-state index contributed by atoms with van der Waals surface area (Å²) in [5, 5.41) is 21.4. The Balaban J connectivity index is 0.734. The summed E-state index contributed by atoms with van der Waals surface area (Å²) >= 11 is 6.83. The lowest BCUT2D eigenvalue weighted by molar-refractivity contribution is -0.136. The van der Waals surface area contributed by atoms with E-state index in [1.165, 1.54) is 6.07 Å². The highest BCUT2D eigenvalue weighted by atomic mass is 35.5. The van der Waals surface area contributed by atoms with Crippen molar-refractivity contribution in [1.82, 2.24) is 30.4 Å². The van der Waals surface area contributed by atoms with Crippen molar-refractivity contribution in [3.63, 3.8) is 0 Å². The Morgan fingerprint density at radius 3 is 2.39 bits per heavy atom. The van der Waals surface area contributed by atoms with E-state index >= 15 is 4.39 Å². The Morgan fingerprint density at radius 1 is 0.848 bits per heavy atom. The van der Waals surface area contributed by atoms with Crippen LogP contribution in [0.2, 0.25) is 5.02 Å². The minimum Gasteiger partial charge on any atom is -0.508 e. The van der Waals surface area contributed by atoms with Crippen LogP contribution in [-0.2, 0) is 23.8 Å². The van der Waals surface area contributed by atoms with E-state index in [1.807, 2.05) is 31.3 Å². The monoisotopic (exact) mass is 926 g/mol. The number of rotatable bonds is 21. The number of hydrogen-bond acceptors (Lipinski definition) is 15. The summed E-state index contributed by atoms with van der Waals surface area (Å²) in [6.07, 6.45) is 0.810. The van der Waals surface area contributed by atoms with Crippen molar-refractivity contribution < 1.29 is 47.6 Å². The maximum atomic E-state index is 16.7. The summed E-state index contributed by atoms with van der Waals surface area (Å²) in [5.41, 5.74) is 1.58. The summed E-state index contributed by atoms with van der Waals surface area (Å²) in [4.78, 5) is 64.7. The number of carbonyl (C=O) groups is 4. The highest BCUT2D eigenvalue weighted by molar-refractivity contribution is 6.35. The van der Waals surface area contributed by atoms with Gasteiger partial charge in [0, 0.05) is 68.9 Å². The van der Waals surface area contributed by atoms with Gasteiger partial charge in [0.2, 0.25) is 11.8 Å². The number of amides is 4. The number of carbonyl (C=O) groups excluding carboxylic acids is 4. The number of fused-ring (bicyclic) bond motifs is 3. The first kappa shape index (κ1) is 46.5. The molecule has 2 saturated heterocycles. The van der Waals surface area contributed by atoms with Gasteiger partial charge in [-0.05, 0) is 66.6 Å². The van der Waals surface area contributed by atoms with Crippen LogP contribution in [0, 0.1) is 5.82 Å². The SMILES string of the molecule is CN(CCCOc1nc(N2CCNCC2)c2cc(Cl)c(-c3cc(O)cc4ccccc34)c(F)c2n1)CCOCCOCCOCCNc1cccc2c1C(=O)N(C1CCC(=O)NC1=O)C2=O. The second kappa shape index (κ2) is 21.5. The number of nitrogens with zero attached hydrogens (tertiary/aromatic N) is 5. The van der Waals surface area contributed by atoms with Gasteiger partial charge in [0.1, 0.15) is 23.1 Å². The van der Waals surface area contributed by atoms with Crippen LogP contribution in [0.4, 0.5) is 15.9 Å². The van der Waals surface area contributed by atoms with E-state index in [0.717, 1.165) is 28.8 Å². The smallest absolute Gasteiger partial charge is 0.319 e. The van der Waals surface area contributed by atoms with E-state index in [2.05, 4.69) is 30.7 Å². The van der Waals surface area contributed by atoms with Gasteiger partial charge in [-0.3, -0.25) is 29.4 Å². The number of aromatic nitrogens is 2. The average molecular weight is 927 g/mol. The Kier molecular flexibility index (Phi) is 15.2. The van der Waals surface area contributed by atoms with E-state index in [0.29, 0.717) is 108 Å². The molecule has 5 aromatic rings. The van der Waals surface area contributed by atoms with Crippen molar-refractivity contribution in [2.24, 2.45) is 0 Å². The normalized spacial score (nSPS) is 16.5. The lowest BCUT2D eigenvalue weighted by Crippen LogP contribution is -2.54. The first-order chi connectivity index (χ1) is 32.1. The van der Waals surface area contributed by atoms with Gasteiger partial charge < -0.3 is 44.5 Å². The molecule has 17 nitrogen and oxygen atoms in total. The zero-order chi connectivity index (χ0) is 46.2. The topological polar surface area (TPSA) is 197 Å². The molecule has 0 bridgehead atoms. The van der Waals surface area contributed by atoms with E-state index in [-0.39, 0.29) is 51.8 Å². The minimum atomic E-state index is -1.03. The molecule has 0 saturated carbocycles. The van der Waals surface area contributed by atoms with Gasteiger partial charge in [0.05, 0.1) is 62.4 Å². The quantitative estimate of drug-likeness (QED) is 0.0588.